The van der Waals surface area contributed by atoms with E-state index in [0.29, 0.717) is 0 Å². The first kappa shape index (κ1) is 16.2. The molecule has 0 spiro atoms. The van der Waals surface area contributed by atoms with E-state index in [4.69, 9.17) is 0 Å². The second kappa shape index (κ2) is 9.13. The maximum Gasteiger partial charge on any atom is 0.193 e. The van der Waals surface area contributed by atoms with Crippen LogP contribution in [-0.4, -0.2) is 43.0 Å². The molecule has 0 aliphatic rings. The minimum atomic E-state index is 0.878. The fraction of sp³-hybridized carbons (Fsp3) is 0.500. The lowest BCUT2D eigenvalue weighted by Crippen LogP contribution is -2.40. The van der Waals surface area contributed by atoms with Gasteiger partial charge in [-0.15, -0.1) is 6.58 Å². The monoisotopic (exact) mass is 274 g/mol. The lowest BCUT2D eigenvalue weighted by molar-refractivity contribution is 0.470. The summed E-state index contributed by atoms with van der Waals surface area (Å²) in [5.74, 6) is 0.945. The fourth-order valence-corrected chi connectivity index (χ4v) is 2.06. The summed E-state index contributed by atoms with van der Waals surface area (Å²) in [6.07, 6.45) is 8.83. The molecule has 0 bridgehead atoms. The van der Waals surface area contributed by atoms with Gasteiger partial charge in [0, 0.05) is 39.6 Å². The van der Waals surface area contributed by atoms with E-state index < -0.39 is 0 Å². The summed E-state index contributed by atoms with van der Waals surface area (Å²) in [7, 11) is 3.89. The molecule has 1 heterocycles. The zero-order valence-corrected chi connectivity index (χ0v) is 12.9. The standard InChI is InChI=1S/C16H26N4/c1-5-6-7-12-20(4)16(17-3)19-11-9-15-8-10-18-13-14(15)2/h5,8,10,13H,1,6-7,9,11-12H2,2-4H3,(H,17,19). The summed E-state index contributed by atoms with van der Waals surface area (Å²) in [4.78, 5) is 10.6. The normalized spacial score (nSPS) is 11.2. The van der Waals surface area contributed by atoms with Gasteiger partial charge in [0.05, 0.1) is 0 Å². The minimum absolute atomic E-state index is 0.878. The van der Waals surface area contributed by atoms with Gasteiger partial charge >= 0.3 is 0 Å². The van der Waals surface area contributed by atoms with Crippen LogP contribution in [0.3, 0.4) is 0 Å². The van der Waals surface area contributed by atoms with Crippen molar-refractivity contribution in [2.75, 3.05) is 27.2 Å². The van der Waals surface area contributed by atoms with Crippen LogP contribution in [0.4, 0.5) is 0 Å². The Hall–Kier alpha value is -1.84. The number of nitrogens with one attached hydrogen (secondary N) is 1. The second-order valence-corrected chi connectivity index (χ2v) is 4.88. The summed E-state index contributed by atoms with van der Waals surface area (Å²) >= 11 is 0. The van der Waals surface area contributed by atoms with Gasteiger partial charge in [-0.1, -0.05) is 6.08 Å². The number of unbranched alkanes of at least 4 members (excludes halogenated alkanes) is 1. The first-order valence-corrected chi connectivity index (χ1v) is 7.11. The summed E-state index contributed by atoms with van der Waals surface area (Å²) in [6, 6.07) is 2.08. The van der Waals surface area contributed by atoms with Crippen molar-refractivity contribution in [3.63, 3.8) is 0 Å². The molecule has 0 saturated carbocycles. The van der Waals surface area contributed by atoms with Crippen molar-refractivity contribution in [2.24, 2.45) is 4.99 Å². The lowest BCUT2D eigenvalue weighted by atomic mass is 10.1. The molecule has 0 amide bonds. The van der Waals surface area contributed by atoms with Gasteiger partial charge in [-0.05, 0) is 43.4 Å². The van der Waals surface area contributed by atoms with E-state index >= 15 is 0 Å². The maximum atomic E-state index is 4.31. The van der Waals surface area contributed by atoms with E-state index in [0.717, 1.165) is 38.3 Å². The Labute approximate surface area is 122 Å². The molecule has 0 aromatic carbocycles. The van der Waals surface area contributed by atoms with Gasteiger partial charge in [0.2, 0.25) is 0 Å². The van der Waals surface area contributed by atoms with E-state index in [2.05, 4.69) is 46.8 Å². The van der Waals surface area contributed by atoms with Crippen molar-refractivity contribution in [3.8, 4) is 0 Å². The number of hydrogen-bond acceptors (Lipinski definition) is 2. The third-order valence-corrected chi connectivity index (χ3v) is 3.29. The minimum Gasteiger partial charge on any atom is -0.356 e. The van der Waals surface area contributed by atoms with Crippen LogP contribution in [0, 0.1) is 6.92 Å². The van der Waals surface area contributed by atoms with Crippen molar-refractivity contribution in [1.29, 1.82) is 0 Å². The van der Waals surface area contributed by atoms with Crippen LogP contribution in [-0.2, 0) is 6.42 Å². The number of aliphatic imine (C=N–C) groups is 1. The molecule has 4 heteroatoms. The molecule has 0 radical (unpaired) electrons. The molecular formula is C16H26N4. The molecule has 0 fully saturated rings. The summed E-state index contributed by atoms with van der Waals surface area (Å²) < 4.78 is 0. The molecule has 1 N–H and O–H groups in total. The SMILES string of the molecule is C=CCCCN(C)C(=NC)NCCc1ccncc1C. The molecule has 1 aromatic rings. The molecule has 0 aliphatic heterocycles. The van der Waals surface area contributed by atoms with Crippen LogP contribution < -0.4 is 5.32 Å². The van der Waals surface area contributed by atoms with Gasteiger partial charge in [0.25, 0.3) is 0 Å². The highest BCUT2D eigenvalue weighted by Gasteiger charge is 2.05. The van der Waals surface area contributed by atoms with E-state index in [9.17, 15) is 0 Å². The van der Waals surface area contributed by atoms with Gasteiger partial charge < -0.3 is 10.2 Å². The molecule has 0 atom stereocenters. The van der Waals surface area contributed by atoms with Crippen LogP contribution in [0.1, 0.15) is 24.0 Å². The van der Waals surface area contributed by atoms with Crippen molar-refractivity contribution in [1.82, 2.24) is 15.2 Å². The van der Waals surface area contributed by atoms with E-state index in [1.54, 1.807) is 0 Å². The Kier molecular flexibility index (Phi) is 7.40. The topological polar surface area (TPSA) is 40.5 Å². The fourth-order valence-electron chi connectivity index (χ4n) is 2.06. The summed E-state index contributed by atoms with van der Waals surface area (Å²) in [5, 5.41) is 3.40. The number of rotatable bonds is 7. The number of aromatic nitrogens is 1. The van der Waals surface area contributed by atoms with Crippen molar-refractivity contribution in [2.45, 2.75) is 26.2 Å². The highest BCUT2D eigenvalue weighted by Crippen LogP contribution is 2.05. The van der Waals surface area contributed by atoms with Crippen molar-refractivity contribution < 1.29 is 0 Å². The number of aryl methyl sites for hydroxylation is 1. The summed E-state index contributed by atoms with van der Waals surface area (Å²) in [5.41, 5.74) is 2.57. The third kappa shape index (κ3) is 5.43. The first-order valence-electron chi connectivity index (χ1n) is 7.11. The van der Waals surface area contributed by atoms with Crippen molar-refractivity contribution in [3.05, 3.63) is 42.2 Å². The Balaban J connectivity index is 2.38. The Morgan fingerprint density at radius 3 is 3.00 bits per heavy atom. The van der Waals surface area contributed by atoms with Crippen LogP contribution in [0.15, 0.2) is 36.1 Å². The third-order valence-electron chi connectivity index (χ3n) is 3.29. The highest BCUT2D eigenvalue weighted by molar-refractivity contribution is 5.79. The van der Waals surface area contributed by atoms with E-state index in [-0.39, 0.29) is 0 Å². The van der Waals surface area contributed by atoms with Gasteiger partial charge in [0.1, 0.15) is 0 Å². The predicted molar refractivity (Wildman–Crippen MR) is 86.1 cm³/mol. The smallest absolute Gasteiger partial charge is 0.193 e. The Morgan fingerprint density at radius 1 is 1.55 bits per heavy atom. The number of nitrogens with zero attached hydrogens (tertiary/aromatic N) is 3. The summed E-state index contributed by atoms with van der Waals surface area (Å²) in [6.45, 7) is 7.70. The molecule has 0 aliphatic carbocycles. The highest BCUT2D eigenvalue weighted by atomic mass is 15.3. The largest absolute Gasteiger partial charge is 0.356 e. The van der Waals surface area contributed by atoms with E-state index in [1.807, 2.05) is 25.5 Å². The predicted octanol–water partition coefficient (Wildman–Crippen LogP) is 2.41. The molecule has 110 valence electrons. The number of allylic oxidation sites excluding steroid dienone is 1. The average molecular weight is 274 g/mol. The van der Waals surface area contributed by atoms with Crippen LogP contribution in [0.2, 0.25) is 0 Å². The maximum absolute atomic E-state index is 4.31. The van der Waals surface area contributed by atoms with Gasteiger partial charge in [-0.25, -0.2) is 0 Å². The quantitative estimate of drug-likeness (QED) is 0.359. The molecule has 1 rings (SSSR count). The van der Waals surface area contributed by atoms with Gasteiger partial charge in [-0.2, -0.15) is 0 Å². The molecule has 0 saturated heterocycles. The van der Waals surface area contributed by atoms with Gasteiger partial charge in [-0.3, -0.25) is 9.98 Å². The van der Waals surface area contributed by atoms with Gasteiger partial charge in [0.15, 0.2) is 5.96 Å². The van der Waals surface area contributed by atoms with Crippen molar-refractivity contribution >= 4 is 5.96 Å². The first-order chi connectivity index (χ1) is 9.69. The second-order valence-electron chi connectivity index (χ2n) is 4.88. The van der Waals surface area contributed by atoms with Crippen LogP contribution >= 0.6 is 0 Å². The Morgan fingerprint density at radius 2 is 2.35 bits per heavy atom. The van der Waals surface area contributed by atoms with Crippen LogP contribution in [0.25, 0.3) is 0 Å². The number of hydrogen-bond donors (Lipinski definition) is 1. The molecule has 4 nitrogen and oxygen atoms in total. The lowest BCUT2D eigenvalue weighted by Gasteiger charge is -2.22. The average Bonchev–Trinajstić information content (AvgIpc) is 2.45. The zero-order chi connectivity index (χ0) is 14.8. The molecule has 1 aromatic heterocycles. The molecular weight excluding hydrogens is 248 g/mol. The Bertz CT molecular complexity index is 440. The van der Waals surface area contributed by atoms with E-state index in [1.165, 1.54) is 11.1 Å². The molecule has 20 heavy (non-hydrogen) atoms. The number of guanidine groups is 1. The molecule has 0 unspecified atom stereocenters. The number of pyridine rings is 1. The van der Waals surface area contributed by atoms with Crippen LogP contribution in [0.5, 0.6) is 0 Å². The zero-order valence-electron chi connectivity index (χ0n) is 12.9.